The van der Waals surface area contributed by atoms with E-state index in [1.807, 2.05) is 0 Å². The molecule has 10 heteroatoms. The van der Waals surface area contributed by atoms with Gasteiger partial charge in [0.2, 0.25) is 0 Å². The first-order valence-electron chi connectivity index (χ1n) is 10.2. The van der Waals surface area contributed by atoms with Gasteiger partial charge in [0, 0.05) is 43.4 Å². The first kappa shape index (κ1) is 21.4. The Labute approximate surface area is 176 Å². The highest BCUT2D eigenvalue weighted by Gasteiger charge is 2.38. The number of benzene rings is 1. The number of hydrogen-bond acceptors (Lipinski definition) is 5. The molecule has 1 aromatic carbocycles. The topological polar surface area (TPSA) is 95.7 Å². The van der Waals surface area contributed by atoms with Crippen LogP contribution in [-0.4, -0.2) is 52.2 Å². The monoisotopic (exact) mass is 437 g/mol. The van der Waals surface area contributed by atoms with Crippen molar-refractivity contribution in [3.8, 4) is 11.3 Å². The first-order valence-corrected chi connectivity index (χ1v) is 10.2. The second-order valence-electron chi connectivity index (χ2n) is 8.07. The maximum atomic E-state index is 13.9. The van der Waals surface area contributed by atoms with Gasteiger partial charge in [-0.05, 0) is 19.3 Å². The number of hydrogen-bond donors (Lipinski definition) is 2. The van der Waals surface area contributed by atoms with Crippen LogP contribution in [0, 0.1) is 23.4 Å². The summed E-state index contributed by atoms with van der Waals surface area (Å²) in [6.45, 7) is 1.02. The minimum Gasteiger partial charge on any atom is -0.481 e. The van der Waals surface area contributed by atoms with E-state index in [2.05, 4.69) is 15.4 Å². The minimum atomic E-state index is -1.19. The lowest BCUT2D eigenvalue weighted by Crippen LogP contribution is -2.55. The molecule has 1 saturated heterocycles. The highest BCUT2D eigenvalue weighted by molar-refractivity contribution is 5.93. The van der Waals surface area contributed by atoms with E-state index >= 15 is 0 Å². The normalized spacial score (nSPS) is 22.5. The van der Waals surface area contributed by atoms with Crippen LogP contribution in [0.2, 0.25) is 0 Å². The number of carboxylic acid groups (broad SMARTS) is 1. The quantitative estimate of drug-likeness (QED) is 0.746. The number of carboxylic acids is 1. The van der Waals surface area contributed by atoms with Crippen LogP contribution in [0.15, 0.2) is 22.7 Å². The van der Waals surface area contributed by atoms with E-state index < -0.39 is 46.9 Å². The summed E-state index contributed by atoms with van der Waals surface area (Å²) in [4.78, 5) is 26.6. The molecule has 2 atom stereocenters. The molecular formula is C21H22F3N3O4. The molecule has 2 fully saturated rings. The van der Waals surface area contributed by atoms with E-state index in [9.17, 15) is 27.9 Å². The molecule has 0 unspecified atom stereocenters. The molecule has 2 aliphatic rings. The van der Waals surface area contributed by atoms with Crippen LogP contribution >= 0.6 is 0 Å². The zero-order valence-corrected chi connectivity index (χ0v) is 16.6. The fourth-order valence-corrected chi connectivity index (χ4v) is 4.52. The number of nitrogens with zero attached hydrogens (tertiary/aromatic N) is 2. The van der Waals surface area contributed by atoms with E-state index in [0.717, 1.165) is 31.7 Å². The van der Waals surface area contributed by atoms with Gasteiger partial charge in [-0.2, -0.15) is 0 Å². The Bertz CT molecular complexity index is 967. The summed E-state index contributed by atoms with van der Waals surface area (Å²) in [5.41, 5.74) is -0.887. The Morgan fingerprint density at radius 3 is 2.42 bits per heavy atom. The van der Waals surface area contributed by atoms with E-state index in [1.165, 1.54) is 0 Å². The Morgan fingerprint density at radius 1 is 1.10 bits per heavy atom. The largest absolute Gasteiger partial charge is 0.481 e. The molecule has 1 saturated carbocycles. The van der Waals surface area contributed by atoms with Crippen molar-refractivity contribution in [3.05, 3.63) is 41.3 Å². The molecule has 1 aromatic heterocycles. The number of nitrogens with one attached hydrogen (secondary N) is 1. The third kappa shape index (κ3) is 4.43. The van der Waals surface area contributed by atoms with Gasteiger partial charge in [-0.25, -0.2) is 13.2 Å². The average Bonchev–Trinajstić information content (AvgIpc) is 3.40. The van der Waals surface area contributed by atoms with E-state index in [4.69, 9.17) is 4.52 Å². The van der Waals surface area contributed by atoms with Crippen LogP contribution in [0.3, 0.4) is 0 Å². The second kappa shape index (κ2) is 8.70. The van der Waals surface area contributed by atoms with Crippen LogP contribution in [0.25, 0.3) is 11.3 Å². The SMILES string of the molecule is O=C(N[C@H]1CCN(C2CCCC2)C[C@@H]1C(=O)O)c1cc(-c2c(F)cc(F)cc2F)on1. The van der Waals surface area contributed by atoms with Crippen molar-refractivity contribution in [2.45, 2.75) is 44.2 Å². The van der Waals surface area contributed by atoms with Crippen molar-refractivity contribution in [3.63, 3.8) is 0 Å². The molecule has 1 aliphatic heterocycles. The van der Waals surface area contributed by atoms with Gasteiger partial charge >= 0.3 is 5.97 Å². The van der Waals surface area contributed by atoms with Crippen LogP contribution in [0.4, 0.5) is 13.2 Å². The minimum absolute atomic E-state index is 0.250. The van der Waals surface area contributed by atoms with Crippen LogP contribution < -0.4 is 5.32 Å². The van der Waals surface area contributed by atoms with Crippen molar-refractivity contribution >= 4 is 11.9 Å². The molecule has 2 aromatic rings. The van der Waals surface area contributed by atoms with Crippen LogP contribution in [0.1, 0.15) is 42.6 Å². The summed E-state index contributed by atoms with van der Waals surface area (Å²) in [5.74, 6) is -6.31. The Balaban J connectivity index is 1.46. The van der Waals surface area contributed by atoms with Crippen LogP contribution in [0.5, 0.6) is 0 Å². The molecule has 166 valence electrons. The molecule has 1 amide bonds. The number of likely N-dealkylation sites (tertiary alicyclic amines) is 1. The molecule has 7 nitrogen and oxygen atoms in total. The molecule has 0 radical (unpaired) electrons. The molecule has 2 N–H and O–H groups in total. The van der Waals surface area contributed by atoms with Gasteiger partial charge in [-0.3, -0.25) is 14.5 Å². The van der Waals surface area contributed by atoms with Gasteiger partial charge in [0.1, 0.15) is 17.5 Å². The molecule has 0 spiro atoms. The maximum Gasteiger partial charge on any atom is 0.309 e. The number of aliphatic carboxylic acids is 1. The molecule has 2 heterocycles. The lowest BCUT2D eigenvalue weighted by atomic mass is 9.90. The third-order valence-corrected chi connectivity index (χ3v) is 6.12. The molecule has 31 heavy (non-hydrogen) atoms. The van der Waals surface area contributed by atoms with Gasteiger partial charge < -0.3 is 14.9 Å². The predicted octanol–water partition coefficient (Wildman–Crippen LogP) is 3.21. The number of amides is 1. The lowest BCUT2D eigenvalue weighted by molar-refractivity contribution is -0.145. The Kier molecular flexibility index (Phi) is 5.99. The molecular weight excluding hydrogens is 415 g/mol. The summed E-state index contributed by atoms with van der Waals surface area (Å²) >= 11 is 0. The number of carbonyl (C=O) groups is 2. The van der Waals surface area contributed by atoms with Gasteiger partial charge in [-0.15, -0.1) is 0 Å². The van der Waals surface area contributed by atoms with Gasteiger partial charge in [0.15, 0.2) is 11.5 Å². The van der Waals surface area contributed by atoms with Gasteiger partial charge in [0.05, 0.1) is 11.5 Å². The standard InChI is InChI=1S/C21H22F3N3O4/c22-11-7-14(23)19(15(24)8-11)18-9-17(26-31-18)20(28)25-16-5-6-27(10-13(16)21(29)30)12-3-1-2-4-12/h7-9,12-13,16H,1-6,10H2,(H,25,28)(H,29,30)/t13-,16-/m0/s1. The van der Waals surface area contributed by atoms with E-state index in [-0.39, 0.29) is 11.5 Å². The summed E-state index contributed by atoms with van der Waals surface area (Å²) in [5, 5.41) is 15.9. The maximum absolute atomic E-state index is 13.9. The molecule has 4 rings (SSSR count). The van der Waals surface area contributed by atoms with Crippen molar-refractivity contribution in [1.82, 2.24) is 15.4 Å². The Morgan fingerprint density at radius 2 is 1.77 bits per heavy atom. The Hall–Kier alpha value is -2.88. The summed E-state index contributed by atoms with van der Waals surface area (Å²) in [6.07, 6.45) is 4.86. The zero-order valence-electron chi connectivity index (χ0n) is 16.6. The fourth-order valence-electron chi connectivity index (χ4n) is 4.52. The lowest BCUT2D eigenvalue weighted by Gasteiger charge is -2.39. The summed E-state index contributed by atoms with van der Waals surface area (Å²) in [6, 6.07) is 1.81. The summed E-state index contributed by atoms with van der Waals surface area (Å²) < 4.78 is 45.9. The smallest absolute Gasteiger partial charge is 0.309 e. The van der Waals surface area contributed by atoms with Crippen LogP contribution in [-0.2, 0) is 4.79 Å². The highest BCUT2D eigenvalue weighted by Crippen LogP contribution is 2.30. The zero-order chi connectivity index (χ0) is 22.1. The highest BCUT2D eigenvalue weighted by atomic mass is 19.1. The van der Waals surface area contributed by atoms with Crippen molar-refractivity contribution < 1.29 is 32.4 Å². The number of halogens is 3. The fraction of sp³-hybridized carbons (Fsp3) is 0.476. The average molecular weight is 437 g/mol. The number of piperidine rings is 1. The predicted molar refractivity (Wildman–Crippen MR) is 103 cm³/mol. The number of carbonyl (C=O) groups excluding carboxylic acids is 1. The van der Waals surface area contributed by atoms with Crippen molar-refractivity contribution in [2.24, 2.45) is 5.92 Å². The van der Waals surface area contributed by atoms with Gasteiger partial charge in [0.25, 0.3) is 5.91 Å². The van der Waals surface area contributed by atoms with E-state index in [1.54, 1.807) is 0 Å². The first-order chi connectivity index (χ1) is 14.8. The van der Waals surface area contributed by atoms with Crippen molar-refractivity contribution in [2.75, 3.05) is 13.1 Å². The third-order valence-electron chi connectivity index (χ3n) is 6.12. The number of aromatic nitrogens is 1. The molecule has 1 aliphatic carbocycles. The second-order valence-corrected chi connectivity index (χ2v) is 8.07. The number of rotatable bonds is 5. The van der Waals surface area contributed by atoms with E-state index in [0.29, 0.717) is 37.7 Å². The summed E-state index contributed by atoms with van der Waals surface area (Å²) in [7, 11) is 0. The van der Waals surface area contributed by atoms with Gasteiger partial charge in [-0.1, -0.05) is 18.0 Å². The van der Waals surface area contributed by atoms with Crippen molar-refractivity contribution in [1.29, 1.82) is 0 Å². The molecule has 0 bridgehead atoms.